The van der Waals surface area contributed by atoms with Crippen molar-refractivity contribution in [3.8, 4) is 0 Å². The molecule has 0 radical (unpaired) electrons. The average molecular weight is 556 g/mol. The van der Waals surface area contributed by atoms with Gasteiger partial charge in [0.05, 0.1) is 10.6 Å². The van der Waals surface area contributed by atoms with Gasteiger partial charge in [0.1, 0.15) is 5.25 Å². The largest absolute Gasteiger partial charge is 0.325 e. The Morgan fingerprint density at radius 2 is 1.44 bits per heavy atom. The highest BCUT2D eigenvalue weighted by Gasteiger charge is 2.22. The van der Waals surface area contributed by atoms with E-state index in [9.17, 15) is 9.59 Å². The second kappa shape index (κ2) is 11.8. The first kappa shape index (κ1) is 26.1. The number of hydrogen-bond donors (Lipinski definition) is 2. The molecular weight excluding hydrogens is 535 g/mol. The molecule has 0 spiro atoms. The van der Waals surface area contributed by atoms with Gasteiger partial charge >= 0.3 is 0 Å². The molecule has 4 rings (SSSR count). The molecule has 0 saturated carbocycles. The Labute approximate surface area is 229 Å². The number of hydrogen-bond acceptors (Lipinski definition) is 3. The first-order chi connectivity index (χ1) is 17.3. The number of thioether (sulfide) groups is 1. The third-order valence-electron chi connectivity index (χ3n) is 5.32. The van der Waals surface area contributed by atoms with Crippen LogP contribution in [0.5, 0.6) is 0 Å². The van der Waals surface area contributed by atoms with Gasteiger partial charge in [-0.25, -0.2) is 0 Å². The summed E-state index contributed by atoms with van der Waals surface area (Å²) in [6.07, 6.45) is 0. The van der Waals surface area contributed by atoms with Crippen molar-refractivity contribution >= 4 is 69.8 Å². The lowest BCUT2D eigenvalue weighted by Crippen LogP contribution is -2.19. The average Bonchev–Trinajstić information content (AvgIpc) is 2.86. The Morgan fingerprint density at radius 3 is 2.11 bits per heavy atom. The molecule has 8 heteroatoms. The second-order valence-electron chi connectivity index (χ2n) is 7.96. The van der Waals surface area contributed by atoms with Gasteiger partial charge in [-0.15, -0.1) is 11.8 Å². The van der Waals surface area contributed by atoms with Crippen molar-refractivity contribution < 1.29 is 9.59 Å². The number of anilines is 2. The minimum absolute atomic E-state index is 0.166. The molecule has 0 aliphatic heterocycles. The summed E-state index contributed by atoms with van der Waals surface area (Å²) >= 11 is 19.7. The highest BCUT2D eigenvalue weighted by Crippen LogP contribution is 2.37. The lowest BCUT2D eigenvalue weighted by Gasteiger charge is -2.18. The molecule has 0 bridgehead atoms. The van der Waals surface area contributed by atoms with E-state index in [-0.39, 0.29) is 16.8 Å². The third-order valence-corrected chi connectivity index (χ3v) is 7.54. The zero-order chi connectivity index (χ0) is 25.7. The molecule has 0 saturated heterocycles. The molecule has 2 N–H and O–H groups in total. The Kier molecular flexibility index (Phi) is 8.60. The number of nitrogens with one attached hydrogen (secondary N) is 2. The molecule has 0 heterocycles. The molecule has 4 aromatic rings. The number of carbonyl (C=O) groups excluding carboxylic acids is 2. The summed E-state index contributed by atoms with van der Waals surface area (Å²) in [4.78, 5) is 26.7. The first-order valence-corrected chi connectivity index (χ1v) is 13.0. The summed E-state index contributed by atoms with van der Waals surface area (Å²) in [6, 6.07) is 27.0. The van der Waals surface area contributed by atoms with Crippen LogP contribution in [0.3, 0.4) is 0 Å². The highest BCUT2D eigenvalue weighted by atomic mass is 35.5. The molecule has 2 amide bonds. The lowest BCUT2D eigenvalue weighted by molar-refractivity contribution is -0.115. The van der Waals surface area contributed by atoms with Gasteiger partial charge in [0, 0.05) is 26.3 Å². The van der Waals surface area contributed by atoms with Gasteiger partial charge in [-0.1, -0.05) is 71.2 Å². The van der Waals surface area contributed by atoms with E-state index in [4.69, 9.17) is 34.8 Å². The van der Waals surface area contributed by atoms with Gasteiger partial charge in [0.2, 0.25) is 5.91 Å². The molecule has 4 nitrogen and oxygen atoms in total. The molecule has 1 atom stereocenters. The third kappa shape index (κ3) is 6.62. The predicted molar refractivity (Wildman–Crippen MR) is 151 cm³/mol. The molecule has 36 heavy (non-hydrogen) atoms. The summed E-state index contributed by atoms with van der Waals surface area (Å²) in [5.41, 5.74) is 3.38. The minimum Gasteiger partial charge on any atom is -0.325 e. The maximum atomic E-state index is 13.3. The number of aryl methyl sites for hydroxylation is 1. The fourth-order valence-corrected chi connectivity index (χ4v) is 5.10. The van der Waals surface area contributed by atoms with E-state index < -0.39 is 5.25 Å². The van der Waals surface area contributed by atoms with Crippen LogP contribution in [0, 0.1) is 6.92 Å². The molecule has 182 valence electrons. The zero-order valence-electron chi connectivity index (χ0n) is 19.1. The van der Waals surface area contributed by atoms with Crippen molar-refractivity contribution in [2.75, 3.05) is 10.6 Å². The summed E-state index contributed by atoms with van der Waals surface area (Å²) in [6.45, 7) is 1.91. The molecule has 0 aliphatic rings. The van der Waals surface area contributed by atoms with E-state index in [2.05, 4.69) is 10.6 Å². The second-order valence-corrected chi connectivity index (χ2v) is 10.4. The highest BCUT2D eigenvalue weighted by molar-refractivity contribution is 8.00. The Bertz CT molecular complexity index is 1400. The van der Waals surface area contributed by atoms with Gasteiger partial charge in [-0.05, 0) is 72.6 Å². The Hall–Kier alpha value is -2.96. The van der Waals surface area contributed by atoms with E-state index in [1.165, 1.54) is 17.8 Å². The van der Waals surface area contributed by atoms with Crippen molar-refractivity contribution in [1.82, 2.24) is 0 Å². The number of carbonyl (C=O) groups is 2. The zero-order valence-corrected chi connectivity index (χ0v) is 22.2. The van der Waals surface area contributed by atoms with E-state index >= 15 is 0 Å². The van der Waals surface area contributed by atoms with Crippen LogP contribution in [-0.4, -0.2) is 11.8 Å². The van der Waals surface area contributed by atoms with Crippen molar-refractivity contribution in [2.45, 2.75) is 17.1 Å². The van der Waals surface area contributed by atoms with Crippen LogP contribution in [0.4, 0.5) is 11.4 Å². The summed E-state index contributed by atoms with van der Waals surface area (Å²) < 4.78 is 0. The van der Waals surface area contributed by atoms with Crippen LogP contribution in [-0.2, 0) is 4.79 Å². The minimum atomic E-state index is -0.500. The van der Waals surface area contributed by atoms with Crippen LogP contribution in [0.25, 0.3) is 0 Å². The topological polar surface area (TPSA) is 58.2 Å². The van der Waals surface area contributed by atoms with Crippen molar-refractivity contribution in [1.29, 1.82) is 0 Å². The molecule has 0 aliphatic carbocycles. The quantitative estimate of drug-likeness (QED) is 0.224. The molecule has 4 aromatic carbocycles. The van der Waals surface area contributed by atoms with Crippen LogP contribution in [0.2, 0.25) is 15.1 Å². The van der Waals surface area contributed by atoms with Gasteiger partial charge < -0.3 is 10.6 Å². The lowest BCUT2D eigenvalue weighted by atomic mass is 10.1. The first-order valence-electron chi connectivity index (χ1n) is 11.0. The summed E-state index contributed by atoms with van der Waals surface area (Å²) in [5.74, 6) is -0.503. The molecule has 1 unspecified atom stereocenters. The predicted octanol–water partition coefficient (Wildman–Crippen LogP) is 8.68. The Morgan fingerprint density at radius 1 is 0.750 bits per heavy atom. The van der Waals surface area contributed by atoms with Crippen LogP contribution >= 0.6 is 46.6 Å². The maximum absolute atomic E-state index is 13.3. The van der Waals surface area contributed by atoms with Crippen molar-refractivity contribution in [3.63, 3.8) is 0 Å². The van der Waals surface area contributed by atoms with Gasteiger partial charge in [-0.3, -0.25) is 9.59 Å². The van der Waals surface area contributed by atoms with Gasteiger partial charge in [0.25, 0.3) is 5.91 Å². The number of halogens is 3. The Balaban J connectivity index is 1.49. The molecule has 0 fully saturated rings. The van der Waals surface area contributed by atoms with Crippen molar-refractivity contribution in [2.24, 2.45) is 0 Å². The normalized spacial score (nSPS) is 11.6. The molecule has 0 aromatic heterocycles. The van der Waals surface area contributed by atoms with E-state index in [0.717, 1.165) is 16.0 Å². The van der Waals surface area contributed by atoms with Crippen molar-refractivity contribution in [3.05, 3.63) is 123 Å². The van der Waals surface area contributed by atoms with Gasteiger partial charge in [-0.2, -0.15) is 0 Å². The maximum Gasteiger partial charge on any atom is 0.257 e. The van der Waals surface area contributed by atoms with E-state index in [1.807, 2.05) is 61.5 Å². The summed E-state index contributed by atoms with van der Waals surface area (Å²) in [7, 11) is 0. The summed E-state index contributed by atoms with van der Waals surface area (Å²) in [5, 5.41) is 6.63. The van der Waals surface area contributed by atoms with Crippen LogP contribution in [0.1, 0.15) is 26.7 Å². The van der Waals surface area contributed by atoms with E-state index in [1.54, 1.807) is 30.3 Å². The number of rotatable bonds is 7. The van der Waals surface area contributed by atoms with E-state index in [0.29, 0.717) is 27.0 Å². The number of amides is 2. The van der Waals surface area contributed by atoms with Crippen LogP contribution in [0.15, 0.2) is 95.9 Å². The monoisotopic (exact) mass is 554 g/mol. The standard InChI is InChI=1S/C28H21Cl3N2O2S/c1-17-7-9-21(16-24(17)30)33-28(35)26(18-5-3-2-4-6-18)36-22-12-10-20(11-13-22)32-27(34)23-14-8-19(29)15-25(23)31/h2-16,26H,1H3,(H,32,34)(H,33,35). The fourth-order valence-electron chi connectivity index (χ4n) is 3.40. The number of benzene rings is 4. The van der Waals surface area contributed by atoms with Crippen LogP contribution < -0.4 is 10.6 Å². The fraction of sp³-hybridized carbons (Fsp3) is 0.0714. The molecular formula is C28H21Cl3N2O2S. The smallest absolute Gasteiger partial charge is 0.257 e. The SMILES string of the molecule is Cc1ccc(NC(=O)C(Sc2ccc(NC(=O)c3ccc(Cl)cc3Cl)cc2)c2ccccc2)cc1Cl. The van der Waals surface area contributed by atoms with Gasteiger partial charge in [0.15, 0.2) is 0 Å².